The quantitative estimate of drug-likeness (QED) is 0.354. The van der Waals surface area contributed by atoms with Crippen molar-refractivity contribution in [2.24, 2.45) is 5.14 Å². The van der Waals surface area contributed by atoms with Crippen LogP contribution in [-0.2, 0) is 34.5 Å². The summed E-state index contributed by atoms with van der Waals surface area (Å²) in [7, 11) is -3.56. The smallest absolute Gasteiger partial charge is 0.224 e. The predicted molar refractivity (Wildman–Crippen MR) is 155 cm³/mol. The van der Waals surface area contributed by atoms with Gasteiger partial charge in [0, 0.05) is 38.3 Å². The van der Waals surface area contributed by atoms with Gasteiger partial charge in [0.25, 0.3) is 0 Å². The van der Waals surface area contributed by atoms with Gasteiger partial charge in [-0.2, -0.15) is 0 Å². The molecule has 9 heteroatoms. The largest absolute Gasteiger partial charge is 0.489 e. The number of ether oxygens (including phenoxy) is 1. The van der Waals surface area contributed by atoms with E-state index in [2.05, 4.69) is 39.4 Å². The van der Waals surface area contributed by atoms with Gasteiger partial charge in [-0.25, -0.2) is 13.6 Å². The van der Waals surface area contributed by atoms with Gasteiger partial charge in [-0.3, -0.25) is 14.6 Å². The van der Waals surface area contributed by atoms with Gasteiger partial charge in [0.15, 0.2) is 0 Å². The first-order valence-electron chi connectivity index (χ1n) is 13.4. The summed E-state index contributed by atoms with van der Waals surface area (Å²) in [5, 5.41) is 7.97. The number of benzene rings is 3. The molecule has 0 atom stereocenters. The number of primary sulfonamides is 1. The summed E-state index contributed by atoms with van der Waals surface area (Å²) in [6.07, 6.45) is 1.39. The minimum absolute atomic E-state index is 0.115. The Hall–Kier alpha value is -3.24. The second kappa shape index (κ2) is 14.2. The van der Waals surface area contributed by atoms with Gasteiger partial charge in [-0.05, 0) is 60.8 Å². The Balaban J connectivity index is 1.24. The number of hydrogen-bond acceptors (Lipinski definition) is 6. The lowest BCUT2D eigenvalue weighted by Gasteiger charge is -2.23. The zero-order valence-electron chi connectivity index (χ0n) is 22.3. The minimum atomic E-state index is -3.56. The van der Waals surface area contributed by atoms with Gasteiger partial charge in [-0.15, -0.1) is 0 Å². The summed E-state index contributed by atoms with van der Waals surface area (Å²) >= 11 is 0. The molecule has 3 aromatic carbocycles. The van der Waals surface area contributed by atoms with Crippen molar-refractivity contribution >= 4 is 21.6 Å². The highest BCUT2D eigenvalue weighted by Gasteiger charge is 2.17. The Morgan fingerprint density at radius 1 is 0.821 bits per heavy atom. The summed E-state index contributed by atoms with van der Waals surface area (Å²) in [4.78, 5) is 17.3. The Bertz CT molecular complexity index is 1300. The summed E-state index contributed by atoms with van der Waals surface area (Å²) in [5.41, 5.74) is 4.25. The molecule has 208 valence electrons. The number of hydrogen-bond donors (Lipinski definition) is 2. The highest BCUT2D eigenvalue weighted by Crippen LogP contribution is 2.20. The predicted octanol–water partition coefficient (Wildman–Crippen LogP) is 3.98. The first-order valence-corrected chi connectivity index (χ1v) is 15.1. The SMILES string of the molecule is NS(=O)(=O)CCCC(=O)Nc1ccccc1CN1CCCN(Cc2ccc(OCc3ccccc3)cc2)CC1. The second-order valence-corrected chi connectivity index (χ2v) is 11.7. The maximum Gasteiger partial charge on any atom is 0.224 e. The molecule has 0 saturated carbocycles. The number of carbonyl (C=O) groups is 1. The van der Waals surface area contributed by atoms with Crippen LogP contribution in [0.1, 0.15) is 36.0 Å². The van der Waals surface area contributed by atoms with E-state index in [0.717, 1.165) is 68.3 Å². The molecular weight excluding hydrogens is 512 g/mol. The van der Waals surface area contributed by atoms with Crippen LogP contribution in [0.3, 0.4) is 0 Å². The van der Waals surface area contributed by atoms with E-state index in [0.29, 0.717) is 6.61 Å². The van der Waals surface area contributed by atoms with Crippen molar-refractivity contribution in [3.05, 3.63) is 95.6 Å². The first kappa shape index (κ1) is 28.8. The summed E-state index contributed by atoms with van der Waals surface area (Å²) in [6.45, 7) is 6.13. The molecule has 0 aromatic heterocycles. The highest BCUT2D eigenvalue weighted by atomic mass is 32.2. The number of nitrogens with two attached hydrogens (primary N) is 1. The van der Waals surface area contributed by atoms with Crippen LogP contribution in [-0.4, -0.2) is 56.1 Å². The van der Waals surface area contributed by atoms with Crippen molar-refractivity contribution < 1.29 is 17.9 Å². The standard InChI is InChI=1S/C30H38N4O4S/c31-39(36,37)21-6-12-30(35)32-29-11-5-4-10-27(29)23-34-18-7-17-33(19-20-34)22-25-13-15-28(16-14-25)38-24-26-8-2-1-3-9-26/h1-5,8-11,13-16H,6-7,12,17-24H2,(H,32,35)(H2,31,36,37). The molecule has 4 rings (SSSR count). The molecule has 3 N–H and O–H groups in total. The van der Waals surface area contributed by atoms with Gasteiger partial charge in [-0.1, -0.05) is 60.7 Å². The van der Waals surface area contributed by atoms with Crippen LogP contribution in [0.4, 0.5) is 5.69 Å². The average Bonchev–Trinajstić information content (AvgIpc) is 3.14. The van der Waals surface area contributed by atoms with Gasteiger partial charge in [0.2, 0.25) is 15.9 Å². The fourth-order valence-corrected chi connectivity index (χ4v) is 5.25. The van der Waals surface area contributed by atoms with Crippen molar-refractivity contribution in [1.82, 2.24) is 9.80 Å². The topological polar surface area (TPSA) is 105 Å². The lowest BCUT2D eigenvalue weighted by Crippen LogP contribution is -2.30. The molecule has 0 radical (unpaired) electrons. The Kier molecular flexibility index (Phi) is 10.5. The number of anilines is 1. The van der Waals surface area contributed by atoms with E-state index in [9.17, 15) is 13.2 Å². The molecule has 0 unspecified atom stereocenters. The van der Waals surface area contributed by atoms with Crippen molar-refractivity contribution in [3.8, 4) is 5.75 Å². The average molecular weight is 551 g/mol. The minimum Gasteiger partial charge on any atom is -0.489 e. The van der Waals surface area contributed by atoms with E-state index in [1.807, 2.05) is 54.6 Å². The zero-order valence-corrected chi connectivity index (χ0v) is 23.1. The molecule has 1 saturated heterocycles. The van der Waals surface area contributed by atoms with Crippen molar-refractivity contribution in [2.75, 3.05) is 37.2 Å². The van der Waals surface area contributed by atoms with Crippen LogP contribution in [0.2, 0.25) is 0 Å². The summed E-state index contributed by atoms with van der Waals surface area (Å²) in [6, 6.07) is 26.3. The summed E-state index contributed by atoms with van der Waals surface area (Å²) in [5.74, 6) is 0.475. The fraction of sp³-hybridized carbons (Fsp3) is 0.367. The van der Waals surface area contributed by atoms with Crippen LogP contribution in [0.5, 0.6) is 5.75 Å². The third-order valence-electron chi connectivity index (χ3n) is 6.78. The molecule has 0 bridgehead atoms. The van der Waals surface area contributed by atoms with E-state index in [1.54, 1.807) is 0 Å². The lowest BCUT2D eigenvalue weighted by atomic mass is 10.1. The molecule has 0 aliphatic carbocycles. The van der Waals surface area contributed by atoms with Gasteiger partial charge in [0.1, 0.15) is 12.4 Å². The van der Waals surface area contributed by atoms with Crippen molar-refractivity contribution in [3.63, 3.8) is 0 Å². The van der Waals surface area contributed by atoms with Gasteiger partial charge < -0.3 is 10.1 Å². The number of nitrogens with one attached hydrogen (secondary N) is 1. The normalized spacial score (nSPS) is 15.0. The lowest BCUT2D eigenvalue weighted by molar-refractivity contribution is -0.116. The van der Waals surface area contributed by atoms with E-state index in [1.165, 1.54) is 5.56 Å². The first-order chi connectivity index (χ1) is 18.8. The third kappa shape index (κ3) is 10.1. The van der Waals surface area contributed by atoms with Crippen LogP contribution in [0.25, 0.3) is 0 Å². The Morgan fingerprint density at radius 3 is 2.21 bits per heavy atom. The molecule has 0 spiro atoms. The van der Waals surface area contributed by atoms with Gasteiger partial charge in [0.05, 0.1) is 5.75 Å². The number of sulfonamides is 1. The Morgan fingerprint density at radius 2 is 1.49 bits per heavy atom. The molecule has 39 heavy (non-hydrogen) atoms. The maximum absolute atomic E-state index is 12.4. The summed E-state index contributed by atoms with van der Waals surface area (Å²) < 4.78 is 28.1. The number of para-hydroxylation sites is 1. The second-order valence-electron chi connectivity index (χ2n) is 10.00. The monoisotopic (exact) mass is 550 g/mol. The zero-order chi connectivity index (χ0) is 27.5. The van der Waals surface area contributed by atoms with E-state index >= 15 is 0 Å². The van der Waals surface area contributed by atoms with Crippen LogP contribution >= 0.6 is 0 Å². The van der Waals surface area contributed by atoms with Crippen LogP contribution in [0, 0.1) is 0 Å². The maximum atomic E-state index is 12.4. The Labute approximate surface area is 231 Å². The van der Waals surface area contributed by atoms with Crippen molar-refractivity contribution in [2.45, 2.75) is 39.0 Å². The van der Waals surface area contributed by atoms with Crippen LogP contribution < -0.4 is 15.2 Å². The molecular formula is C30H38N4O4S. The number of amides is 1. The number of rotatable bonds is 12. The molecule has 3 aromatic rings. The highest BCUT2D eigenvalue weighted by molar-refractivity contribution is 7.89. The van der Waals surface area contributed by atoms with E-state index < -0.39 is 10.0 Å². The molecule has 1 aliphatic heterocycles. The van der Waals surface area contributed by atoms with E-state index in [4.69, 9.17) is 9.88 Å². The molecule has 1 fully saturated rings. The van der Waals surface area contributed by atoms with E-state index in [-0.39, 0.29) is 24.5 Å². The fourth-order valence-electron chi connectivity index (χ4n) is 4.70. The van der Waals surface area contributed by atoms with Gasteiger partial charge >= 0.3 is 0 Å². The molecule has 8 nitrogen and oxygen atoms in total. The number of nitrogens with zero attached hydrogens (tertiary/aromatic N) is 2. The molecule has 1 aliphatic rings. The number of carbonyl (C=O) groups excluding carboxylic acids is 1. The van der Waals surface area contributed by atoms with Crippen molar-refractivity contribution in [1.29, 1.82) is 0 Å². The van der Waals surface area contributed by atoms with Crippen LogP contribution in [0.15, 0.2) is 78.9 Å². The third-order valence-corrected chi connectivity index (χ3v) is 7.63. The molecule has 1 heterocycles. The molecule has 1 amide bonds.